The van der Waals surface area contributed by atoms with E-state index >= 15 is 0 Å². The van der Waals surface area contributed by atoms with E-state index in [0.717, 1.165) is 45.1 Å². The van der Waals surface area contributed by atoms with E-state index in [4.69, 9.17) is 0 Å². The van der Waals surface area contributed by atoms with Crippen LogP contribution in [0.25, 0.3) is 0 Å². The minimum Gasteiger partial charge on any atom is -0.390 e. The van der Waals surface area contributed by atoms with Gasteiger partial charge in [0.1, 0.15) is 0 Å². The van der Waals surface area contributed by atoms with Crippen LogP contribution in [0.5, 0.6) is 0 Å². The molecule has 2 aliphatic heterocycles. The van der Waals surface area contributed by atoms with Crippen LogP contribution >= 0.6 is 0 Å². The van der Waals surface area contributed by atoms with Crippen molar-refractivity contribution in [3.05, 3.63) is 48.0 Å². The molecule has 7 atom stereocenters. The molecule has 0 aromatic heterocycles. The van der Waals surface area contributed by atoms with Gasteiger partial charge in [-0.3, -0.25) is 14.5 Å². The average molecular weight is 550 g/mol. The maximum atomic E-state index is 13.9. The van der Waals surface area contributed by atoms with E-state index in [2.05, 4.69) is 46.6 Å². The molecule has 6 nitrogen and oxygen atoms in total. The first kappa shape index (κ1) is 29.3. The monoisotopic (exact) mass is 549 g/mol. The molecule has 2 saturated heterocycles. The number of hydrogen-bond donors (Lipinski definition) is 2. The molecule has 4 aliphatic rings. The third-order valence-electron chi connectivity index (χ3n) is 9.85. The number of rotatable bonds is 8. The van der Waals surface area contributed by atoms with Crippen LogP contribution in [-0.2, 0) is 16.0 Å². The van der Waals surface area contributed by atoms with Crippen LogP contribution in [0.15, 0.2) is 42.5 Å². The summed E-state index contributed by atoms with van der Waals surface area (Å²) in [5.41, 5.74) is 0.943. The van der Waals surface area contributed by atoms with E-state index in [-0.39, 0.29) is 35.4 Å². The number of carbonyl (C=O) groups excluding carboxylic acids is 2. The molecule has 0 bridgehead atoms. The number of hydrogen-bond acceptors (Lipinski definition) is 4. The van der Waals surface area contributed by atoms with Gasteiger partial charge in [0.15, 0.2) is 0 Å². The number of β-amino-alcohol motifs (C(OH)–C–C–N with tert-alkyl or cyclic N) is 1. The van der Waals surface area contributed by atoms with Crippen LogP contribution in [0.4, 0.5) is 0 Å². The number of nitrogens with zero attached hydrogens (tertiary/aromatic N) is 2. The summed E-state index contributed by atoms with van der Waals surface area (Å²) < 4.78 is 0. The number of aliphatic hydroxyl groups excluding tert-OH is 1. The van der Waals surface area contributed by atoms with Gasteiger partial charge in [-0.2, -0.15) is 0 Å². The minimum absolute atomic E-state index is 0.000702. The zero-order valence-corrected chi connectivity index (χ0v) is 24.9. The second kappa shape index (κ2) is 12.8. The van der Waals surface area contributed by atoms with Crippen LogP contribution in [0.1, 0.15) is 84.1 Å². The van der Waals surface area contributed by atoms with Gasteiger partial charge in [-0.25, -0.2) is 0 Å². The normalized spacial score (nSPS) is 32.1. The lowest BCUT2D eigenvalue weighted by Crippen LogP contribution is -2.59. The maximum absolute atomic E-state index is 13.9. The highest BCUT2D eigenvalue weighted by atomic mass is 16.3. The lowest BCUT2D eigenvalue weighted by atomic mass is 9.72. The van der Waals surface area contributed by atoms with Crippen LogP contribution in [0, 0.1) is 23.7 Å². The summed E-state index contributed by atoms with van der Waals surface area (Å²) in [7, 11) is 0. The molecule has 220 valence electrons. The summed E-state index contributed by atoms with van der Waals surface area (Å²) >= 11 is 0. The third-order valence-corrected chi connectivity index (χ3v) is 9.85. The fourth-order valence-corrected chi connectivity index (χ4v) is 7.95. The average Bonchev–Trinajstić information content (AvgIpc) is 3.22. The van der Waals surface area contributed by atoms with E-state index in [9.17, 15) is 14.7 Å². The summed E-state index contributed by atoms with van der Waals surface area (Å²) in [5, 5.41) is 14.7. The largest absolute Gasteiger partial charge is 0.390 e. The van der Waals surface area contributed by atoms with Gasteiger partial charge in [-0.1, -0.05) is 61.7 Å². The number of nitrogens with one attached hydrogen (secondary N) is 1. The second-order valence-corrected chi connectivity index (χ2v) is 14.1. The third kappa shape index (κ3) is 7.17. The first-order valence-electron chi connectivity index (χ1n) is 15.9. The number of fused-ring (bicyclic) bond motifs is 1. The fraction of sp³-hybridized carbons (Fsp3) is 0.706. The Labute approximate surface area is 241 Å². The lowest BCUT2D eigenvalue weighted by Gasteiger charge is -2.46. The number of likely N-dealkylation sites (tertiary alicyclic amines) is 2. The van der Waals surface area contributed by atoms with Crippen molar-refractivity contribution in [2.24, 2.45) is 23.7 Å². The number of benzene rings is 1. The maximum Gasteiger partial charge on any atom is 0.237 e. The summed E-state index contributed by atoms with van der Waals surface area (Å²) in [5.74, 6) is 1.77. The highest BCUT2D eigenvalue weighted by Gasteiger charge is 2.45. The Bertz CT molecular complexity index is 1030. The Kier molecular flexibility index (Phi) is 9.36. The molecular weight excluding hydrogens is 498 g/mol. The standard InChI is InChI=1S/C34H51N3O3/c1-34(2,3)35-32(39)31-19-26-16-10-11-17-27(26)21-36(31)22-29(38)23-37-28(18-24-12-6-4-7-13-24)20-30(33(37)40)25-14-8-5-9-15-25/h4,6-8,12-14,25-31,38H,5,9-11,15-23H2,1-3H3,(H,35,39)/t25?,26-,27+,28?,29?,30?,31?/m0/s1. The molecule has 2 N–H and O–H groups in total. The van der Waals surface area contributed by atoms with Gasteiger partial charge in [0, 0.05) is 37.1 Å². The van der Waals surface area contributed by atoms with E-state index < -0.39 is 6.10 Å². The zero-order chi connectivity index (χ0) is 28.3. The molecule has 6 heteroatoms. The molecule has 5 unspecified atom stereocenters. The Balaban J connectivity index is 1.30. The molecule has 40 heavy (non-hydrogen) atoms. The summed E-state index contributed by atoms with van der Waals surface area (Å²) in [6.07, 6.45) is 14.6. The number of aliphatic hydroxyl groups is 1. The lowest BCUT2D eigenvalue weighted by molar-refractivity contribution is -0.136. The second-order valence-electron chi connectivity index (χ2n) is 14.1. The molecule has 3 fully saturated rings. The van der Waals surface area contributed by atoms with Crippen molar-refractivity contribution in [3.63, 3.8) is 0 Å². The Morgan fingerprint density at radius 2 is 1.77 bits per heavy atom. The Hall–Kier alpha value is -2.18. The zero-order valence-electron chi connectivity index (χ0n) is 24.9. The molecule has 0 radical (unpaired) electrons. The predicted octanol–water partition coefficient (Wildman–Crippen LogP) is 4.96. The van der Waals surface area contributed by atoms with Gasteiger partial charge in [-0.05, 0) is 89.0 Å². The van der Waals surface area contributed by atoms with Crippen LogP contribution in [0.2, 0.25) is 0 Å². The van der Waals surface area contributed by atoms with Gasteiger partial charge in [0.25, 0.3) is 0 Å². The van der Waals surface area contributed by atoms with E-state index in [1.807, 2.05) is 31.7 Å². The van der Waals surface area contributed by atoms with Gasteiger partial charge < -0.3 is 15.3 Å². The van der Waals surface area contributed by atoms with Crippen molar-refractivity contribution < 1.29 is 14.7 Å². The van der Waals surface area contributed by atoms with Crippen molar-refractivity contribution in [2.45, 2.75) is 109 Å². The molecule has 1 saturated carbocycles. The minimum atomic E-state index is -0.687. The number of carbonyl (C=O) groups is 2. The van der Waals surface area contributed by atoms with Crippen molar-refractivity contribution in [2.75, 3.05) is 19.6 Å². The molecule has 1 aromatic rings. The fourth-order valence-electron chi connectivity index (χ4n) is 7.95. The Morgan fingerprint density at radius 1 is 1.02 bits per heavy atom. The first-order valence-corrected chi connectivity index (χ1v) is 15.9. The van der Waals surface area contributed by atoms with E-state index in [0.29, 0.717) is 30.8 Å². The summed E-state index contributed by atoms with van der Waals surface area (Å²) in [6.45, 7) is 7.71. The SMILES string of the molecule is CC(C)(C)NC(=O)C1C[C@@H]2CCCC[C@@H]2CN1CC(O)CN1C(=O)C(C2C=CCCC2)CC1Cc1ccccc1. The van der Waals surface area contributed by atoms with Crippen molar-refractivity contribution >= 4 is 11.8 Å². The van der Waals surface area contributed by atoms with E-state index in [1.165, 1.54) is 31.2 Å². The molecule has 2 aliphatic carbocycles. The quantitative estimate of drug-likeness (QED) is 0.450. The van der Waals surface area contributed by atoms with Crippen LogP contribution in [0.3, 0.4) is 0 Å². The smallest absolute Gasteiger partial charge is 0.237 e. The van der Waals surface area contributed by atoms with E-state index in [1.54, 1.807) is 0 Å². The van der Waals surface area contributed by atoms with Crippen LogP contribution < -0.4 is 5.32 Å². The van der Waals surface area contributed by atoms with Crippen molar-refractivity contribution in [1.29, 1.82) is 0 Å². The number of piperidine rings is 1. The molecular formula is C34H51N3O3. The van der Waals surface area contributed by atoms with Crippen molar-refractivity contribution in [3.8, 4) is 0 Å². The first-order chi connectivity index (χ1) is 19.2. The van der Waals surface area contributed by atoms with Gasteiger partial charge in [0.2, 0.25) is 11.8 Å². The number of allylic oxidation sites excluding steroid dienone is 2. The highest BCUT2D eigenvalue weighted by molar-refractivity contribution is 5.83. The molecule has 5 rings (SSSR count). The summed E-state index contributed by atoms with van der Waals surface area (Å²) in [6, 6.07) is 10.3. The van der Waals surface area contributed by atoms with Gasteiger partial charge in [-0.15, -0.1) is 0 Å². The topological polar surface area (TPSA) is 72.9 Å². The van der Waals surface area contributed by atoms with Gasteiger partial charge >= 0.3 is 0 Å². The summed E-state index contributed by atoms with van der Waals surface area (Å²) in [4.78, 5) is 31.5. The molecule has 0 spiro atoms. The van der Waals surface area contributed by atoms with Gasteiger partial charge in [0.05, 0.1) is 12.1 Å². The molecule has 2 amide bonds. The predicted molar refractivity (Wildman–Crippen MR) is 160 cm³/mol. The highest BCUT2D eigenvalue weighted by Crippen LogP contribution is 2.40. The molecule has 1 aromatic carbocycles. The number of amides is 2. The Morgan fingerprint density at radius 3 is 2.48 bits per heavy atom. The van der Waals surface area contributed by atoms with Crippen LogP contribution in [-0.4, -0.2) is 70.1 Å². The molecule has 2 heterocycles. The van der Waals surface area contributed by atoms with Crippen molar-refractivity contribution in [1.82, 2.24) is 15.1 Å².